The molecule has 2 aliphatic heterocycles. The van der Waals surface area contributed by atoms with E-state index < -0.39 is 17.9 Å². The summed E-state index contributed by atoms with van der Waals surface area (Å²) in [5.74, 6) is -0.661. The van der Waals surface area contributed by atoms with Crippen LogP contribution in [0.25, 0.3) is 0 Å². The number of nitrogens with one attached hydrogen (secondary N) is 1. The maximum absolute atomic E-state index is 13.3. The van der Waals surface area contributed by atoms with Gasteiger partial charge in [-0.05, 0) is 41.8 Å². The van der Waals surface area contributed by atoms with Gasteiger partial charge >= 0.3 is 0 Å². The van der Waals surface area contributed by atoms with Crippen molar-refractivity contribution in [3.63, 3.8) is 0 Å². The first kappa shape index (κ1) is 27.3. The largest absolute Gasteiger partial charge is 0.380 e. The zero-order chi connectivity index (χ0) is 29.2. The van der Waals surface area contributed by atoms with E-state index in [1.807, 2.05) is 12.1 Å². The summed E-state index contributed by atoms with van der Waals surface area (Å²) in [4.78, 5) is 60.6. The molecule has 3 heterocycles. The highest BCUT2D eigenvalue weighted by Crippen LogP contribution is 2.33. The minimum Gasteiger partial charge on any atom is -0.380 e. The average molecular weight is 563 g/mol. The van der Waals surface area contributed by atoms with Crippen LogP contribution in [0.15, 0.2) is 60.7 Å². The van der Waals surface area contributed by atoms with Gasteiger partial charge < -0.3 is 10.2 Å². The molecule has 2 amide bonds. The fourth-order valence-corrected chi connectivity index (χ4v) is 5.88. The fraction of sp³-hybridized carbons (Fsp3) is 0.312. The van der Waals surface area contributed by atoms with Crippen molar-refractivity contribution in [3.8, 4) is 6.07 Å². The maximum atomic E-state index is 13.3. The van der Waals surface area contributed by atoms with Crippen molar-refractivity contribution in [3.05, 3.63) is 88.6 Å². The minimum absolute atomic E-state index is 0.152. The van der Waals surface area contributed by atoms with Crippen molar-refractivity contribution in [2.24, 2.45) is 0 Å². The first-order chi connectivity index (χ1) is 20.4. The summed E-state index contributed by atoms with van der Waals surface area (Å²) in [6.07, 6.45) is 0.141. The number of ketones is 2. The summed E-state index contributed by atoms with van der Waals surface area (Å²) in [7, 11) is 0. The second-order valence-corrected chi connectivity index (χ2v) is 10.9. The molecule has 6 rings (SSSR count). The van der Waals surface area contributed by atoms with Crippen LogP contribution in [-0.4, -0.2) is 70.4 Å². The highest BCUT2D eigenvalue weighted by atomic mass is 16.2. The summed E-state index contributed by atoms with van der Waals surface area (Å²) >= 11 is 0. The predicted molar refractivity (Wildman–Crippen MR) is 155 cm³/mol. The van der Waals surface area contributed by atoms with Gasteiger partial charge in [-0.2, -0.15) is 5.26 Å². The van der Waals surface area contributed by atoms with Gasteiger partial charge in [0.2, 0.25) is 0 Å². The molecule has 42 heavy (non-hydrogen) atoms. The van der Waals surface area contributed by atoms with Gasteiger partial charge in [-0.25, -0.2) is 4.98 Å². The number of imide groups is 1. The van der Waals surface area contributed by atoms with Crippen LogP contribution in [0.4, 0.5) is 11.5 Å². The monoisotopic (exact) mass is 562 g/mol. The molecule has 2 fully saturated rings. The first-order valence-electron chi connectivity index (χ1n) is 14.1. The lowest BCUT2D eigenvalue weighted by Crippen LogP contribution is -2.47. The third-order valence-electron chi connectivity index (χ3n) is 8.16. The molecule has 1 saturated heterocycles. The molecule has 3 aromatic rings. The Labute approximate surface area is 243 Å². The van der Waals surface area contributed by atoms with Gasteiger partial charge in [0.1, 0.15) is 23.4 Å². The molecule has 0 bridgehead atoms. The normalized spacial score (nSPS) is 19.2. The molecule has 1 atom stereocenters. The van der Waals surface area contributed by atoms with Gasteiger partial charge in [0.05, 0.1) is 23.6 Å². The highest BCUT2D eigenvalue weighted by Gasteiger charge is 2.45. The van der Waals surface area contributed by atoms with Crippen LogP contribution in [0.3, 0.4) is 0 Å². The van der Waals surface area contributed by atoms with Gasteiger partial charge in [0.15, 0.2) is 5.78 Å². The van der Waals surface area contributed by atoms with E-state index in [-0.39, 0.29) is 42.0 Å². The number of nitriles is 1. The van der Waals surface area contributed by atoms with Gasteiger partial charge in [-0.3, -0.25) is 29.0 Å². The number of nitrogens with zero attached hydrogens (tertiary/aromatic N) is 5. The highest BCUT2D eigenvalue weighted by molar-refractivity contribution is 6.25. The van der Waals surface area contributed by atoms with Crippen LogP contribution < -0.4 is 10.2 Å². The lowest BCUT2D eigenvalue weighted by molar-refractivity contribution is -0.132. The number of rotatable bonds is 7. The van der Waals surface area contributed by atoms with Gasteiger partial charge in [0, 0.05) is 51.4 Å². The van der Waals surface area contributed by atoms with E-state index in [0.717, 1.165) is 49.0 Å². The zero-order valence-electron chi connectivity index (χ0n) is 23.1. The van der Waals surface area contributed by atoms with E-state index in [9.17, 15) is 19.2 Å². The average Bonchev–Trinajstić information content (AvgIpc) is 3.27. The summed E-state index contributed by atoms with van der Waals surface area (Å²) in [5.41, 5.74) is 3.75. The second-order valence-electron chi connectivity index (χ2n) is 10.9. The van der Waals surface area contributed by atoms with Crippen molar-refractivity contribution >= 4 is 34.9 Å². The Balaban J connectivity index is 1.05. The summed E-state index contributed by atoms with van der Waals surface area (Å²) < 4.78 is 0. The smallest absolute Gasteiger partial charge is 0.264 e. The number of aromatic nitrogens is 1. The van der Waals surface area contributed by atoms with Crippen LogP contribution in [0.5, 0.6) is 0 Å². The van der Waals surface area contributed by atoms with Crippen molar-refractivity contribution < 1.29 is 19.2 Å². The number of benzene rings is 2. The third-order valence-corrected chi connectivity index (χ3v) is 8.16. The Morgan fingerprint density at radius 1 is 0.881 bits per heavy atom. The van der Waals surface area contributed by atoms with Crippen LogP contribution >= 0.6 is 0 Å². The molecule has 1 aromatic heterocycles. The number of carbonyl (C=O) groups excluding carboxylic acids is 4. The molecule has 1 saturated carbocycles. The molecule has 1 unspecified atom stereocenters. The van der Waals surface area contributed by atoms with Crippen molar-refractivity contribution in [1.29, 1.82) is 5.26 Å². The van der Waals surface area contributed by atoms with Crippen molar-refractivity contribution in [2.45, 2.75) is 38.4 Å². The van der Waals surface area contributed by atoms with E-state index in [2.05, 4.69) is 50.4 Å². The third kappa shape index (κ3) is 5.39. The fourth-order valence-electron chi connectivity index (χ4n) is 5.88. The Kier molecular flexibility index (Phi) is 7.50. The molecule has 1 aliphatic carbocycles. The molecule has 10 nitrogen and oxygen atoms in total. The number of hydrogen-bond donors (Lipinski definition) is 1. The van der Waals surface area contributed by atoms with Crippen LogP contribution in [-0.2, 0) is 22.7 Å². The van der Waals surface area contributed by atoms with Crippen LogP contribution in [0.2, 0.25) is 0 Å². The number of pyridine rings is 1. The quantitative estimate of drug-likeness (QED) is 0.341. The summed E-state index contributed by atoms with van der Waals surface area (Å²) in [5, 5.41) is 12.4. The predicted octanol–water partition coefficient (Wildman–Crippen LogP) is 3.17. The van der Waals surface area contributed by atoms with Crippen LogP contribution in [0, 0.1) is 11.3 Å². The van der Waals surface area contributed by atoms with Crippen LogP contribution in [0.1, 0.15) is 56.8 Å². The molecule has 3 aliphatic rings. The van der Waals surface area contributed by atoms with Crippen molar-refractivity contribution in [2.75, 3.05) is 36.4 Å². The molecular weight excluding hydrogens is 532 g/mol. The van der Waals surface area contributed by atoms with E-state index in [4.69, 9.17) is 5.26 Å². The zero-order valence-corrected chi connectivity index (χ0v) is 23.1. The van der Waals surface area contributed by atoms with Gasteiger partial charge in [0.25, 0.3) is 11.8 Å². The molecule has 212 valence electrons. The van der Waals surface area contributed by atoms with E-state index in [0.29, 0.717) is 17.9 Å². The number of Topliss-reactive ketones (excluding diaryl/α,β-unsaturated/α-hetero) is 2. The topological polar surface area (TPSA) is 127 Å². The minimum atomic E-state index is -0.884. The maximum Gasteiger partial charge on any atom is 0.264 e. The number of carbonyl (C=O) groups is 4. The number of piperazine rings is 1. The number of fused-ring (bicyclic) bond motifs is 1. The number of amides is 2. The Bertz CT molecular complexity index is 1600. The molecule has 0 radical (unpaired) electrons. The van der Waals surface area contributed by atoms with E-state index in [1.165, 1.54) is 5.56 Å². The second kappa shape index (κ2) is 11.5. The number of anilines is 2. The molecule has 1 N–H and O–H groups in total. The summed E-state index contributed by atoms with van der Waals surface area (Å²) in [6.45, 7) is 4.77. The lowest BCUT2D eigenvalue weighted by Gasteiger charge is -2.35. The molecular formula is C32H30N6O4. The van der Waals surface area contributed by atoms with Gasteiger partial charge in [-0.15, -0.1) is 0 Å². The SMILES string of the molecule is N#Cc1cccc(N2CCN(Cc3ccc(CNc4cccc5c4C(=O)N(C4CCC(=O)CC4=O)C5=O)cc3)CC2)n1. The number of hydrogen-bond acceptors (Lipinski definition) is 9. The van der Waals surface area contributed by atoms with E-state index in [1.54, 1.807) is 24.3 Å². The molecule has 0 spiro atoms. The standard InChI is InChI=1S/C32H30N6O4/c33-18-23-3-1-6-29(35-23)37-15-13-36(14-16-37)20-22-9-7-21(8-10-22)19-34-26-5-2-4-25-30(26)32(42)38(31(25)41)27-12-11-24(39)17-28(27)40/h1-10,27,34H,11-17,19-20H2. The Morgan fingerprint density at radius 3 is 2.36 bits per heavy atom. The Morgan fingerprint density at radius 2 is 1.62 bits per heavy atom. The lowest BCUT2D eigenvalue weighted by atomic mass is 9.92. The first-order valence-corrected chi connectivity index (χ1v) is 14.1. The molecule has 2 aromatic carbocycles. The molecule has 10 heteroatoms. The Hall–Kier alpha value is -4.88. The van der Waals surface area contributed by atoms with Gasteiger partial charge in [-0.1, -0.05) is 36.4 Å². The van der Waals surface area contributed by atoms with Crippen molar-refractivity contribution in [1.82, 2.24) is 14.8 Å². The van der Waals surface area contributed by atoms with E-state index >= 15 is 0 Å². The summed E-state index contributed by atoms with van der Waals surface area (Å²) in [6, 6.07) is 20.1.